The van der Waals surface area contributed by atoms with E-state index in [1.165, 1.54) is 31.3 Å². The second kappa shape index (κ2) is 10.4. The first kappa shape index (κ1) is 26.8. The predicted octanol–water partition coefficient (Wildman–Crippen LogP) is 6.06. The molecule has 1 N–H and O–H groups in total. The molecule has 0 aromatic heterocycles. The monoisotopic (exact) mass is 515 g/mol. The molecule has 1 amide bonds. The zero-order chi connectivity index (χ0) is 26.4. The van der Waals surface area contributed by atoms with Gasteiger partial charge in [-0.2, -0.15) is 0 Å². The molecule has 5 rings (SSSR count). The van der Waals surface area contributed by atoms with Crippen LogP contribution in [0.2, 0.25) is 0 Å². The Kier molecular flexibility index (Phi) is 7.56. The van der Waals surface area contributed by atoms with Crippen LogP contribution in [0.5, 0.6) is 0 Å². The molecule has 4 fully saturated rings. The molecule has 8 atom stereocenters. The number of hydrogen-bond donors (Lipinski definition) is 1. The van der Waals surface area contributed by atoms with Crippen LogP contribution in [-0.2, 0) is 9.63 Å². The van der Waals surface area contributed by atoms with Crippen molar-refractivity contribution in [3.05, 3.63) is 11.6 Å². The highest BCUT2D eigenvalue weighted by molar-refractivity contribution is 5.91. The number of rotatable bonds is 6. The van der Waals surface area contributed by atoms with Gasteiger partial charge in [-0.25, -0.2) is 9.18 Å². The minimum Gasteiger partial charge on any atom is -0.311 e. The first-order valence-electron chi connectivity index (χ1n) is 14.8. The molecule has 0 radical (unpaired) electrons. The van der Waals surface area contributed by atoms with E-state index in [1.807, 2.05) is 19.9 Å². The highest BCUT2D eigenvalue weighted by atomic mass is 19.1. The van der Waals surface area contributed by atoms with Crippen molar-refractivity contribution in [3.8, 4) is 0 Å². The van der Waals surface area contributed by atoms with E-state index in [1.54, 1.807) is 4.90 Å². The van der Waals surface area contributed by atoms with Crippen molar-refractivity contribution in [1.29, 1.82) is 0 Å². The largest absolute Gasteiger partial charge is 0.435 e. The highest BCUT2D eigenvalue weighted by Crippen LogP contribution is 2.66. The zero-order valence-corrected chi connectivity index (χ0v) is 23.2. The van der Waals surface area contributed by atoms with Gasteiger partial charge in [0.1, 0.15) is 6.17 Å². The van der Waals surface area contributed by atoms with Crippen molar-refractivity contribution in [1.82, 2.24) is 10.2 Å². The summed E-state index contributed by atoms with van der Waals surface area (Å²) in [6, 6.07) is -0.180. The molecule has 1 heterocycles. The second-order valence-corrected chi connectivity index (χ2v) is 13.0. The van der Waals surface area contributed by atoms with Crippen molar-refractivity contribution in [3.63, 3.8) is 0 Å². The van der Waals surface area contributed by atoms with E-state index in [0.717, 1.165) is 25.0 Å². The molecule has 0 aromatic carbocycles. The molecule has 6 nitrogen and oxygen atoms in total. The number of halogens is 1. The maximum atomic E-state index is 13.9. The van der Waals surface area contributed by atoms with Gasteiger partial charge in [-0.15, -0.1) is 0 Å². The van der Waals surface area contributed by atoms with Gasteiger partial charge in [0.15, 0.2) is 5.78 Å². The molecule has 1 saturated heterocycles. The van der Waals surface area contributed by atoms with E-state index in [9.17, 15) is 14.0 Å². The molecule has 1 aliphatic heterocycles. The Labute approximate surface area is 221 Å². The molecule has 7 heteroatoms. The second-order valence-electron chi connectivity index (χ2n) is 13.0. The number of oxime groups is 1. The third-order valence-electron chi connectivity index (χ3n) is 11.3. The molecule has 5 aliphatic rings. The summed E-state index contributed by atoms with van der Waals surface area (Å²) in [6.07, 6.45) is 10.5. The van der Waals surface area contributed by atoms with Crippen LogP contribution in [0.15, 0.2) is 16.8 Å². The van der Waals surface area contributed by atoms with Gasteiger partial charge in [0.05, 0.1) is 5.71 Å². The fourth-order valence-corrected chi connectivity index (χ4v) is 9.17. The van der Waals surface area contributed by atoms with Crippen molar-refractivity contribution >= 4 is 17.6 Å². The van der Waals surface area contributed by atoms with Crippen molar-refractivity contribution in [2.75, 3.05) is 19.6 Å². The van der Waals surface area contributed by atoms with Crippen LogP contribution in [0, 0.1) is 34.5 Å². The van der Waals surface area contributed by atoms with E-state index in [-0.39, 0.29) is 16.9 Å². The Balaban J connectivity index is 1.22. The summed E-state index contributed by atoms with van der Waals surface area (Å²) < 4.78 is 13.9. The normalized spacial score (nSPS) is 41.5. The summed E-state index contributed by atoms with van der Waals surface area (Å²) in [7, 11) is 0. The maximum Gasteiger partial charge on any atom is 0.435 e. The number of nitrogens with zero attached hydrogens (tertiary/aromatic N) is 2. The minimum atomic E-state index is -0.837. The van der Waals surface area contributed by atoms with Crippen LogP contribution in [0.25, 0.3) is 0 Å². The van der Waals surface area contributed by atoms with Crippen LogP contribution in [-0.4, -0.2) is 54.3 Å². The molecule has 2 unspecified atom stereocenters. The van der Waals surface area contributed by atoms with Crippen LogP contribution >= 0.6 is 0 Å². The van der Waals surface area contributed by atoms with Gasteiger partial charge in [-0.3, -0.25) is 9.63 Å². The summed E-state index contributed by atoms with van der Waals surface area (Å²) in [5, 5.41) is 7.57. The highest BCUT2D eigenvalue weighted by Gasteiger charge is 2.59. The van der Waals surface area contributed by atoms with Gasteiger partial charge >= 0.3 is 6.09 Å². The summed E-state index contributed by atoms with van der Waals surface area (Å²) in [5.74, 6) is 2.68. The minimum absolute atomic E-state index is 0.179. The average Bonchev–Trinajstić information content (AvgIpc) is 3.45. The molecular formula is C30H46FN3O3. The summed E-state index contributed by atoms with van der Waals surface area (Å²) in [6.45, 7) is 10.5. The van der Waals surface area contributed by atoms with Gasteiger partial charge in [-0.05, 0) is 113 Å². The van der Waals surface area contributed by atoms with Gasteiger partial charge in [0.25, 0.3) is 0 Å². The SMILES string of the molecule is CCN(CCC1NCCC1F)C(=O)O/N=C(\C)[C@H]1CC[C@H]2[C@@H]3CCC4=CC(=O)CC[C@]4(C)[C@H]3CC[C@]12C. The number of hydrogen-bond acceptors (Lipinski definition) is 5. The molecule has 0 bridgehead atoms. The van der Waals surface area contributed by atoms with E-state index >= 15 is 0 Å². The Hall–Kier alpha value is -1.76. The molecule has 3 saturated carbocycles. The van der Waals surface area contributed by atoms with E-state index in [4.69, 9.17) is 4.84 Å². The number of carbonyl (C=O) groups excluding carboxylic acids is 2. The van der Waals surface area contributed by atoms with Crippen molar-refractivity contribution < 1.29 is 18.8 Å². The van der Waals surface area contributed by atoms with Crippen LogP contribution < -0.4 is 5.32 Å². The van der Waals surface area contributed by atoms with Gasteiger partial charge in [0, 0.05) is 31.5 Å². The number of ketones is 1. The predicted molar refractivity (Wildman–Crippen MR) is 143 cm³/mol. The fourth-order valence-electron chi connectivity index (χ4n) is 9.17. The van der Waals surface area contributed by atoms with Gasteiger partial charge < -0.3 is 10.2 Å². The van der Waals surface area contributed by atoms with Gasteiger partial charge in [-0.1, -0.05) is 24.6 Å². The lowest BCUT2D eigenvalue weighted by molar-refractivity contribution is -0.117. The van der Waals surface area contributed by atoms with Crippen molar-refractivity contribution in [2.24, 2.45) is 39.7 Å². The molecule has 37 heavy (non-hydrogen) atoms. The lowest BCUT2D eigenvalue weighted by Gasteiger charge is -2.58. The molecule has 4 aliphatic carbocycles. The summed E-state index contributed by atoms with van der Waals surface area (Å²) >= 11 is 0. The number of amides is 1. The van der Waals surface area contributed by atoms with Crippen molar-refractivity contribution in [2.45, 2.75) is 104 Å². The Morgan fingerprint density at radius 2 is 1.97 bits per heavy atom. The molecular weight excluding hydrogens is 469 g/mol. The van der Waals surface area contributed by atoms with E-state index < -0.39 is 12.3 Å². The molecule has 0 aromatic rings. The van der Waals surface area contributed by atoms with E-state index in [0.29, 0.717) is 68.4 Å². The topological polar surface area (TPSA) is 71.0 Å². The number of nitrogens with one attached hydrogen (secondary N) is 1. The fraction of sp³-hybridized carbons (Fsp3) is 0.833. The smallest absolute Gasteiger partial charge is 0.311 e. The van der Waals surface area contributed by atoms with E-state index in [2.05, 4.69) is 24.3 Å². The summed E-state index contributed by atoms with van der Waals surface area (Å²) in [5.41, 5.74) is 2.71. The third-order valence-corrected chi connectivity index (χ3v) is 11.3. The summed E-state index contributed by atoms with van der Waals surface area (Å²) in [4.78, 5) is 32.0. The Morgan fingerprint density at radius 1 is 1.16 bits per heavy atom. The van der Waals surface area contributed by atoms with Crippen LogP contribution in [0.3, 0.4) is 0 Å². The molecule has 206 valence electrons. The number of allylic oxidation sites excluding steroid dienone is 1. The van der Waals surface area contributed by atoms with Crippen LogP contribution in [0.4, 0.5) is 9.18 Å². The quantitative estimate of drug-likeness (QED) is 0.265. The van der Waals surface area contributed by atoms with Gasteiger partial charge in [0.2, 0.25) is 0 Å². The first-order valence-corrected chi connectivity index (χ1v) is 14.8. The maximum absolute atomic E-state index is 13.9. The Bertz CT molecular complexity index is 966. The number of fused-ring (bicyclic) bond motifs is 5. The lowest BCUT2D eigenvalue weighted by atomic mass is 9.46. The third kappa shape index (κ3) is 4.79. The van der Waals surface area contributed by atoms with Crippen LogP contribution in [0.1, 0.15) is 91.9 Å². The molecule has 0 spiro atoms. The standard InChI is InChI=1S/C30H46FN3O3/c1-5-34(17-13-27-26(31)12-16-32-27)28(36)37-33-19(2)23-8-9-24-22-7-6-20-18-21(35)10-14-29(20,3)25(22)11-15-30(23,24)4/h18,22-27,32H,5-17H2,1-4H3/b33-19+/t22-,23+,24-,25-,26?,27?,29-,30+/m0/s1. The zero-order valence-electron chi connectivity index (χ0n) is 23.2. The lowest BCUT2D eigenvalue weighted by Crippen LogP contribution is -2.51. The average molecular weight is 516 g/mol. The Morgan fingerprint density at radius 3 is 2.70 bits per heavy atom. The number of carbonyl (C=O) groups is 2. The number of alkyl halides is 1. The first-order chi connectivity index (χ1) is 17.7.